The predicted octanol–water partition coefficient (Wildman–Crippen LogP) is 1.00. The van der Waals surface area contributed by atoms with Crippen molar-refractivity contribution >= 4 is 11.7 Å². The number of hydrogen-bond donors (Lipinski definition) is 4. The number of carboxylic acid groups (broad SMARTS) is 1. The molecule has 0 aliphatic heterocycles. The molecule has 0 radical (unpaired) electrons. The molecule has 7 nitrogen and oxygen atoms in total. The van der Waals surface area contributed by atoms with Crippen molar-refractivity contribution in [1.29, 1.82) is 0 Å². The molecule has 7 heteroatoms. The van der Waals surface area contributed by atoms with Crippen molar-refractivity contribution in [2.45, 2.75) is 6.61 Å². The molecule has 0 aliphatic rings. The quantitative estimate of drug-likeness (QED) is 0.670. The number of aromatic amines is 1. The molecule has 4 N–H and O–H groups in total. The number of hydrogen-bond acceptors (Lipinski definition) is 5. The highest BCUT2D eigenvalue weighted by molar-refractivity contribution is 5.91. The van der Waals surface area contributed by atoms with Gasteiger partial charge in [-0.15, -0.1) is 0 Å². The van der Waals surface area contributed by atoms with Gasteiger partial charge in [-0.3, -0.25) is 4.79 Å². The number of carbonyl (C=O) groups is 1. The lowest BCUT2D eigenvalue weighted by atomic mass is 10.0. The van der Waals surface area contributed by atoms with Crippen molar-refractivity contribution in [3.05, 3.63) is 45.7 Å². The maximum absolute atomic E-state index is 11.8. The summed E-state index contributed by atoms with van der Waals surface area (Å²) >= 11 is 0. The number of carboxylic acids is 1. The number of aliphatic hydroxyl groups excluding tert-OH is 1. The molecule has 0 saturated carbocycles. The molecule has 0 aliphatic carbocycles. The molecular weight excluding hydrogens is 288 g/mol. The van der Waals surface area contributed by atoms with Gasteiger partial charge in [-0.1, -0.05) is 12.1 Å². The van der Waals surface area contributed by atoms with Gasteiger partial charge in [0, 0.05) is 25.3 Å². The average Bonchev–Trinajstić information content (AvgIpc) is 2.46. The highest BCUT2D eigenvalue weighted by Crippen LogP contribution is 2.30. The number of nitrogens with one attached hydrogen (secondary N) is 1. The summed E-state index contributed by atoms with van der Waals surface area (Å²) in [5.41, 5.74) is -0.0523. The van der Waals surface area contributed by atoms with Crippen LogP contribution in [0.25, 0.3) is 11.3 Å². The molecule has 2 rings (SSSR count). The van der Waals surface area contributed by atoms with Gasteiger partial charge in [0.25, 0.3) is 5.56 Å². The van der Waals surface area contributed by atoms with Crippen molar-refractivity contribution in [2.24, 2.45) is 0 Å². The molecule has 0 saturated heterocycles. The summed E-state index contributed by atoms with van der Waals surface area (Å²) in [6, 6.07) is 7.02. The Labute approximate surface area is 126 Å². The largest absolute Gasteiger partial charge is 0.506 e. The van der Waals surface area contributed by atoms with E-state index in [-0.39, 0.29) is 11.3 Å². The Morgan fingerprint density at radius 3 is 2.27 bits per heavy atom. The highest BCUT2D eigenvalue weighted by atomic mass is 16.4. The molecule has 0 amide bonds. The summed E-state index contributed by atoms with van der Waals surface area (Å²) in [5, 5.41) is 28.3. The third-order valence-electron chi connectivity index (χ3n) is 3.33. The number of H-pyrrole nitrogens is 1. The van der Waals surface area contributed by atoms with Gasteiger partial charge < -0.3 is 25.2 Å². The lowest BCUT2D eigenvalue weighted by Crippen LogP contribution is -2.20. The fourth-order valence-corrected chi connectivity index (χ4v) is 2.15. The van der Waals surface area contributed by atoms with Crippen LogP contribution in [0.5, 0.6) is 5.75 Å². The Kier molecular flexibility index (Phi) is 4.18. The van der Waals surface area contributed by atoms with E-state index in [1.165, 1.54) is 0 Å². The summed E-state index contributed by atoms with van der Waals surface area (Å²) in [6.07, 6.45) is 0. The van der Waals surface area contributed by atoms with Gasteiger partial charge in [0.2, 0.25) is 0 Å². The van der Waals surface area contributed by atoms with E-state index in [0.717, 1.165) is 5.69 Å². The van der Waals surface area contributed by atoms with Crippen LogP contribution in [0.4, 0.5) is 5.69 Å². The van der Waals surface area contributed by atoms with E-state index in [4.69, 9.17) is 5.11 Å². The van der Waals surface area contributed by atoms with Gasteiger partial charge in [-0.05, 0) is 17.7 Å². The van der Waals surface area contributed by atoms with E-state index in [2.05, 4.69) is 4.98 Å². The molecule has 0 spiro atoms. The van der Waals surface area contributed by atoms with Gasteiger partial charge >= 0.3 is 5.97 Å². The SMILES string of the molecule is CN(C)c1ccc(-c2[nH]c(=O)c(C(=O)O)c(O)c2CO)cc1. The Morgan fingerprint density at radius 2 is 1.82 bits per heavy atom. The van der Waals surface area contributed by atoms with Gasteiger partial charge in [-0.25, -0.2) is 4.79 Å². The standard InChI is InChI=1S/C15H16N2O5/c1-17(2)9-5-3-8(4-6-9)12-10(7-18)13(19)11(15(21)22)14(20)16-12/h3-6,18H,7H2,1-2H3,(H,21,22)(H2,16,19,20). The number of anilines is 1. The number of aromatic hydroxyl groups is 1. The van der Waals surface area contributed by atoms with Gasteiger partial charge in [0.15, 0.2) is 5.56 Å². The van der Waals surface area contributed by atoms with E-state index in [9.17, 15) is 19.8 Å². The van der Waals surface area contributed by atoms with Crippen molar-refractivity contribution in [3.63, 3.8) is 0 Å². The first-order valence-corrected chi connectivity index (χ1v) is 6.46. The van der Waals surface area contributed by atoms with Crippen molar-refractivity contribution < 1.29 is 20.1 Å². The van der Waals surface area contributed by atoms with Gasteiger partial charge in [0.1, 0.15) is 5.75 Å². The zero-order valence-corrected chi connectivity index (χ0v) is 12.1. The molecule has 1 aromatic carbocycles. The second kappa shape index (κ2) is 5.90. The van der Waals surface area contributed by atoms with Gasteiger partial charge in [-0.2, -0.15) is 0 Å². The highest BCUT2D eigenvalue weighted by Gasteiger charge is 2.22. The van der Waals surface area contributed by atoms with Gasteiger partial charge in [0.05, 0.1) is 12.3 Å². The second-order valence-electron chi connectivity index (χ2n) is 4.94. The Morgan fingerprint density at radius 1 is 1.23 bits per heavy atom. The Bertz CT molecular complexity index is 763. The van der Waals surface area contributed by atoms with Crippen LogP contribution in [0.1, 0.15) is 15.9 Å². The van der Waals surface area contributed by atoms with Crippen LogP contribution in [0.2, 0.25) is 0 Å². The molecule has 116 valence electrons. The second-order valence-corrected chi connectivity index (χ2v) is 4.94. The molecule has 0 atom stereocenters. The minimum atomic E-state index is -1.55. The molecule has 0 unspecified atom stereocenters. The average molecular weight is 304 g/mol. The number of aromatic nitrogens is 1. The number of aromatic carboxylic acids is 1. The first kappa shape index (κ1) is 15.6. The topological polar surface area (TPSA) is 114 Å². The summed E-state index contributed by atoms with van der Waals surface area (Å²) in [4.78, 5) is 27.1. The summed E-state index contributed by atoms with van der Waals surface area (Å²) in [5.74, 6) is -2.27. The van der Waals surface area contributed by atoms with Crippen molar-refractivity contribution in [1.82, 2.24) is 4.98 Å². The van der Waals surface area contributed by atoms with Crippen molar-refractivity contribution in [3.8, 4) is 17.0 Å². The molecule has 1 aromatic heterocycles. The fourth-order valence-electron chi connectivity index (χ4n) is 2.15. The molecular formula is C15H16N2O5. The van der Waals surface area contributed by atoms with E-state index >= 15 is 0 Å². The lowest BCUT2D eigenvalue weighted by Gasteiger charge is -2.14. The number of benzene rings is 1. The normalized spacial score (nSPS) is 10.5. The number of aliphatic hydroxyl groups is 1. The third-order valence-corrected chi connectivity index (χ3v) is 3.33. The number of pyridine rings is 1. The summed E-state index contributed by atoms with van der Waals surface area (Å²) in [6.45, 7) is -0.604. The van der Waals surface area contributed by atoms with Crippen LogP contribution in [-0.4, -0.2) is 40.4 Å². The van der Waals surface area contributed by atoms with Crippen LogP contribution in [0.3, 0.4) is 0 Å². The molecule has 22 heavy (non-hydrogen) atoms. The minimum absolute atomic E-state index is 0.0328. The molecule has 0 bridgehead atoms. The zero-order chi connectivity index (χ0) is 16.4. The van der Waals surface area contributed by atoms with E-state index in [0.29, 0.717) is 5.56 Å². The zero-order valence-electron chi connectivity index (χ0n) is 12.1. The summed E-state index contributed by atoms with van der Waals surface area (Å²) < 4.78 is 0. The van der Waals surface area contributed by atoms with E-state index in [1.54, 1.807) is 24.3 Å². The fraction of sp³-hybridized carbons (Fsp3) is 0.200. The predicted molar refractivity (Wildman–Crippen MR) is 81.4 cm³/mol. The first-order chi connectivity index (χ1) is 10.4. The molecule has 0 fully saturated rings. The Balaban J connectivity index is 2.65. The number of nitrogens with zero attached hydrogens (tertiary/aromatic N) is 1. The summed E-state index contributed by atoms with van der Waals surface area (Å²) in [7, 11) is 3.76. The van der Waals surface area contributed by atoms with Crippen LogP contribution >= 0.6 is 0 Å². The smallest absolute Gasteiger partial charge is 0.345 e. The molecule has 1 heterocycles. The Hall–Kier alpha value is -2.80. The molecule has 2 aromatic rings. The third kappa shape index (κ3) is 2.66. The lowest BCUT2D eigenvalue weighted by molar-refractivity contribution is 0.0691. The minimum Gasteiger partial charge on any atom is -0.506 e. The number of rotatable bonds is 4. The van der Waals surface area contributed by atoms with E-state index < -0.39 is 29.4 Å². The van der Waals surface area contributed by atoms with Crippen LogP contribution in [-0.2, 0) is 6.61 Å². The van der Waals surface area contributed by atoms with Crippen LogP contribution in [0, 0.1) is 0 Å². The van der Waals surface area contributed by atoms with Crippen molar-refractivity contribution in [2.75, 3.05) is 19.0 Å². The van der Waals surface area contributed by atoms with Crippen LogP contribution < -0.4 is 10.5 Å². The first-order valence-electron chi connectivity index (χ1n) is 6.46. The van der Waals surface area contributed by atoms with E-state index in [1.807, 2.05) is 19.0 Å². The van der Waals surface area contributed by atoms with Crippen LogP contribution in [0.15, 0.2) is 29.1 Å². The monoisotopic (exact) mass is 304 g/mol. The maximum Gasteiger partial charge on any atom is 0.345 e. The maximum atomic E-state index is 11.8.